The lowest BCUT2D eigenvalue weighted by molar-refractivity contribution is -0.120. The Hall–Kier alpha value is -2.69. The zero-order chi connectivity index (χ0) is 20.4. The van der Waals surface area contributed by atoms with Gasteiger partial charge in [-0.3, -0.25) is 15.6 Å². The second kappa shape index (κ2) is 7.97. The van der Waals surface area contributed by atoms with Crippen LogP contribution in [0.1, 0.15) is 24.3 Å². The molecule has 1 aliphatic rings. The molecule has 1 aromatic carbocycles. The van der Waals surface area contributed by atoms with Gasteiger partial charge in [0.15, 0.2) is 10.8 Å². The van der Waals surface area contributed by atoms with Crippen LogP contribution in [0.3, 0.4) is 0 Å². The number of furan rings is 1. The lowest BCUT2D eigenvalue weighted by atomic mass is 10.3. The third-order valence-corrected chi connectivity index (χ3v) is 6.70. The number of hydrogen-bond acceptors (Lipinski definition) is 7. The maximum Gasteiger partial charge on any atom is 0.244 e. The Kier molecular flexibility index (Phi) is 5.39. The van der Waals surface area contributed by atoms with Crippen molar-refractivity contribution in [1.29, 1.82) is 0 Å². The summed E-state index contributed by atoms with van der Waals surface area (Å²) in [6.07, 6.45) is 1.88. The fourth-order valence-electron chi connectivity index (χ4n) is 2.61. The topological polar surface area (TPSA) is 113 Å². The number of nitrogens with one attached hydrogen (secondary N) is 3. The summed E-state index contributed by atoms with van der Waals surface area (Å²) in [4.78, 5) is 16.8. The summed E-state index contributed by atoms with van der Waals surface area (Å²) in [6, 6.07) is 9.97. The van der Waals surface area contributed by atoms with Gasteiger partial charge in [-0.05, 0) is 56.2 Å². The third-order valence-electron chi connectivity index (χ3n) is 4.25. The van der Waals surface area contributed by atoms with Gasteiger partial charge in [-0.2, -0.15) is 0 Å². The highest BCUT2D eigenvalue weighted by molar-refractivity contribution is 7.89. The van der Waals surface area contributed by atoms with E-state index in [1.54, 1.807) is 12.1 Å². The number of hydrogen-bond donors (Lipinski definition) is 3. The lowest BCUT2D eigenvalue weighted by Crippen LogP contribution is -2.31. The van der Waals surface area contributed by atoms with Crippen molar-refractivity contribution in [2.45, 2.75) is 37.1 Å². The number of carbonyl (C=O) groups is 1. The number of aromatic nitrogens is 1. The molecule has 0 unspecified atom stereocenters. The summed E-state index contributed by atoms with van der Waals surface area (Å²) in [5.74, 6) is 1.23. The predicted octanol–water partition coefficient (Wildman–Crippen LogP) is 2.84. The smallest absolute Gasteiger partial charge is 0.244 e. The van der Waals surface area contributed by atoms with Gasteiger partial charge >= 0.3 is 0 Å². The van der Waals surface area contributed by atoms with Gasteiger partial charge in [0.1, 0.15) is 5.76 Å². The molecule has 0 saturated heterocycles. The van der Waals surface area contributed by atoms with Crippen molar-refractivity contribution < 1.29 is 17.6 Å². The van der Waals surface area contributed by atoms with Crippen LogP contribution in [-0.2, 0) is 21.2 Å². The Morgan fingerprint density at radius 2 is 1.97 bits per heavy atom. The van der Waals surface area contributed by atoms with Crippen LogP contribution in [-0.4, -0.2) is 25.4 Å². The quantitative estimate of drug-likeness (QED) is 0.472. The SMILES string of the molecule is Cc1ccc(-c2nc(CC(=O)NNc3ccc(S(=O)(=O)NC4CC4)cc3)cs2)o1. The molecule has 8 nitrogen and oxygen atoms in total. The van der Waals surface area contributed by atoms with E-state index in [1.165, 1.54) is 23.5 Å². The van der Waals surface area contributed by atoms with E-state index >= 15 is 0 Å². The number of thiazole rings is 1. The molecular formula is C19H20N4O4S2. The maximum absolute atomic E-state index is 12.2. The Morgan fingerprint density at radius 1 is 1.21 bits per heavy atom. The molecule has 1 amide bonds. The summed E-state index contributed by atoms with van der Waals surface area (Å²) in [7, 11) is -3.48. The minimum atomic E-state index is -3.48. The van der Waals surface area contributed by atoms with Crippen molar-refractivity contribution in [3.63, 3.8) is 0 Å². The van der Waals surface area contributed by atoms with Crippen molar-refractivity contribution in [2.24, 2.45) is 0 Å². The van der Waals surface area contributed by atoms with Crippen LogP contribution in [0.15, 0.2) is 51.1 Å². The van der Waals surface area contributed by atoms with E-state index in [-0.39, 0.29) is 23.3 Å². The minimum absolute atomic E-state index is 0.0557. The highest BCUT2D eigenvalue weighted by Gasteiger charge is 2.27. The van der Waals surface area contributed by atoms with Crippen LogP contribution >= 0.6 is 11.3 Å². The van der Waals surface area contributed by atoms with Crippen molar-refractivity contribution in [1.82, 2.24) is 15.1 Å². The van der Waals surface area contributed by atoms with Crippen molar-refractivity contribution in [3.05, 3.63) is 53.2 Å². The molecule has 2 aromatic heterocycles. The first-order valence-electron chi connectivity index (χ1n) is 9.07. The third kappa shape index (κ3) is 5.03. The second-order valence-electron chi connectivity index (χ2n) is 6.82. The number of sulfonamides is 1. The van der Waals surface area contributed by atoms with Crippen LogP contribution < -0.4 is 15.6 Å². The second-order valence-corrected chi connectivity index (χ2v) is 9.40. The fraction of sp³-hybridized carbons (Fsp3) is 0.263. The molecule has 1 fully saturated rings. The zero-order valence-electron chi connectivity index (χ0n) is 15.6. The molecular weight excluding hydrogens is 412 g/mol. The van der Waals surface area contributed by atoms with Gasteiger partial charge < -0.3 is 4.42 Å². The van der Waals surface area contributed by atoms with Gasteiger partial charge in [0, 0.05) is 11.4 Å². The Bertz CT molecular complexity index is 1120. The highest BCUT2D eigenvalue weighted by atomic mass is 32.2. The van der Waals surface area contributed by atoms with Gasteiger partial charge in [0.05, 0.1) is 22.7 Å². The summed E-state index contributed by atoms with van der Waals surface area (Å²) in [6.45, 7) is 1.86. The van der Waals surface area contributed by atoms with Crippen molar-refractivity contribution in [2.75, 3.05) is 5.43 Å². The number of rotatable bonds is 8. The van der Waals surface area contributed by atoms with Gasteiger partial charge in [0.25, 0.3) is 0 Å². The van der Waals surface area contributed by atoms with E-state index in [0.29, 0.717) is 17.1 Å². The molecule has 0 atom stereocenters. The van der Waals surface area contributed by atoms with Crippen LogP contribution in [0.4, 0.5) is 5.69 Å². The molecule has 3 aromatic rings. The number of hydrazine groups is 1. The standard InChI is InChI=1S/C19H20N4O4S2/c1-12-2-9-17(27-12)19-20-15(11-28-19)10-18(24)22-21-13-5-7-16(8-6-13)29(25,26)23-14-3-4-14/h2,5-9,11,14,21,23H,3-4,10H2,1H3,(H,22,24). The van der Waals surface area contributed by atoms with Gasteiger partial charge in [-0.25, -0.2) is 18.1 Å². The van der Waals surface area contributed by atoms with E-state index in [9.17, 15) is 13.2 Å². The Morgan fingerprint density at radius 3 is 2.62 bits per heavy atom. The first-order chi connectivity index (χ1) is 13.9. The zero-order valence-corrected chi connectivity index (χ0v) is 17.3. The molecule has 4 rings (SSSR count). The molecule has 1 aliphatic carbocycles. The molecule has 2 heterocycles. The number of amides is 1. The van der Waals surface area contributed by atoms with Crippen LogP contribution in [0.2, 0.25) is 0 Å². The summed E-state index contributed by atoms with van der Waals surface area (Å²) >= 11 is 1.42. The fourth-order valence-corrected chi connectivity index (χ4v) is 4.69. The minimum Gasteiger partial charge on any atom is -0.459 e. The van der Waals surface area contributed by atoms with Gasteiger partial charge in [0.2, 0.25) is 15.9 Å². The van der Waals surface area contributed by atoms with Gasteiger partial charge in [-0.1, -0.05) is 0 Å². The number of aryl methyl sites for hydroxylation is 1. The Labute approximate surface area is 172 Å². The molecule has 3 N–H and O–H groups in total. The molecule has 0 spiro atoms. The average Bonchev–Trinajstić information content (AvgIpc) is 3.18. The van der Waals surface area contributed by atoms with E-state index in [4.69, 9.17) is 4.42 Å². The monoisotopic (exact) mass is 432 g/mol. The van der Waals surface area contributed by atoms with E-state index in [0.717, 1.165) is 23.6 Å². The van der Waals surface area contributed by atoms with E-state index in [2.05, 4.69) is 20.6 Å². The van der Waals surface area contributed by atoms with Crippen LogP contribution in [0, 0.1) is 6.92 Å². The molecule has 0 bridgehead atoms. The molecule has 152 valence electrons. The maximum atomic E-state index is 12.2. The summed E-state index contributed by atoms with van der Waals surface area (Å²) in [5.41, 5.74) is 6.59. The summed E-state index contributed by atoms with van der Waals surface area (Å²) < 4.78 is 32.5. The van der Waals surface area contributed by atoms with E-state index < -0.39 is 10.0 Å². The van der Waals surface area contributed by atoms with Crippen LogP contribution in [0.5, 0.6) is 0 Å². The van der Waals surface area contributed by atoms with Gasteiger partial charge in [-0.15, -0.1) is 11.3 Å². The van der Waals surface area contributed by atoms with Crippen molar-refractivity contribution >= 4 is 33.0 Å². The number of benzene rings is 1. The molecule has 0 aliphatic heterocycles. The lowest BCUT2D eigenvalue weighted by Gasteiger charge is -2.09. The Balaban J connectivity index is 1.30. The largest absolute Gasteiger partial charge is 0.459 e. The van der Waals surface area contributed by atoms with Crippen molar-refractivity contribution in [3.8, 4) is 10.8 Å². The average molecular weight is 433 g/mol. The molecule has 29 heavy (non-hydrogen) atoms. The predicted molar refractivity (Wildman–Crippen MR) is 110 cm³/mol. The molecule has 10 heteroatoms. The normalized spacial score (nSPS) is 14.0. The first kappa shape index (κ1) is 19.6. The number of nitrogens with zero attached hydrogens (tertiary/aromatic N) is 1. The van der Waals surface area contributed by atoms with E-state index in [1.807, 2.05) is 24.4 Å². The van der Waals surface area contributed by atoms with Crippen LogP contribution in [0.25, 0.3) is 10.8 Å². The first-order valence-corrected chi connectivity index (χ1v) is 11.4. The molecule has 1 saturated carbocycles. The number of carbonyl (C=O) groups excluding carboxylic acids is 1. The number of anilines is 1. The highest BCUT2D eigenvalue weighted by Crippen LogP contribution is 2.26. The molecule has 0 radical (unpaired) electrons. The summed E-state index contributed by atoms with van der Waals surface area (Å²) in [5, 5.41) is 2.55.